The molecule has 1 aliphatic carbocycles. The molecule has 4 heteroatoms. The van der Waals surface area contributed by atoms with Gasteiger partial charge in [-0.3, -0.25) is 4.98 Å². The SMILES string of the molecule is Nc1cnccc1NC1(CO)CCCCC1. The first kappa shape index (κ1) is 11.2. The van der Waals surface area contributed by atoms with Crippen LogP contribution in [-0.2, 0) is 0 Å². The Kier molecular flexibility index (Phi) is 3.29. The number of nitrogens with zero attached hydrogens (tertiary/aromatic N) is 1. The minimum atomic E-state index is -0.187. The second-order valence-electron chi connectivity index (χ2n) is 4.59. The first-order valence-electron chi connectivity index (χ1n) is 5.84. The van der Waals surface area contributed by atoms with Crippen molar-refractivity contribution >= 4 is 11.4 Å². The highest BCUT2D eigenvalue weighted by Crippen LogP contribution is 2.32. The summed E-state index contributed by atoms with van der Waals surface area (Å²) in [5, 5.41) is 13.0. The van der Waals surface area contributed by atoms with Crippen molar-refractivity contribution in [2.45, 2.75) is 37.6 Å². The van der Waals surface area contributed by atoms with Gasteiger partial charge in [0.15, 0.2) is 0 Å². The lowest BCUT2D eigenvalue weighted by molar-refractivity contribution is 0.173. The lowest BCUT2D eigenvalue weighted by atomic mass is 9.82. The van der Waals surface area contributed by atoms with Gasteiger partial charge in [-0.25, -0.2) is 0 Å². The molecule has 2 rings (SSSR count). The summed E-state index contributed by atoms with van der Waals surface area (Å²) in [5.74, 6) is 0. The summed E-state index contributed by atoms with van der Waals surface area (Å²) in [4.78, 5) is 3.96. The van der Waals surface area contributed by atoms with Gasteiger partial charge in [-0.2, -0.15) is 0 Å². The zero-order valence-corrected chi connectivity index (χ0v) is 9.45. The quantitative estimate of drug-likeness (QED) is 0.727. The normalized spacial score (nSPS) is 19.3. The molecule has 0 saturated heterocycles. The largest absolute Gasteiger partial charge is 0.396 e. The number of aliphatic hydroxyl groups is 1. The molecule has 0 aliphatic heterocycles. The fourth-order valence-electron chi connectivity index (χ4n) is 2.36. The van der Waals surface area contributed by atoms with Crippen molar-refractivity contribution in [3.05, 3.63) is 18.5 Å². The summed E-state index contributed by atoms with van der Waals surface area (Å²) >= 11 is 0. The Hall–Kier alpha value is -1.29. The van der Waals surface area contributed by atoms with Gasteiger partial charge in [-0.1, -0.05) is 19.3 Å². The summed E-state index contributed by atoms with van der Waals surface area (Å²) in [6.45, 7) is 0.161. The van der Waals surface area contributed by atoms with Crippen LogP contribution in [0.4, 0.5) is 11.4 Å². The monoisotopic (exact) mass is 221 g/mol. The molecule has 0 amide bonds. The van der Waals surface area contributed by atoms with Crippen molar-refractivity contribution in [3.8, 4) is 0 Å². The average Bonchev–Trinajstić information content (AvgIpc) is 2.33. The topological polar surface area (TPSA) is 71.2 Å². The van der Waals surface area contributed by atoms with Crippen LogP contribution in [-0.4, -0.2) is 22.2 Å². The standard InChI is InChI=1S/C12H19N3O/c13-10-8-14-7-4-11(10)15-12(9-16)5-2-1-3-6-12/h4,7-8,16H,1-3,5-6,9,13H2,(H,14,15). The molecular formula is C12H19N3O. The van der Waals surface area contributed by atoms with Crippen LogP contribution in [0.25, 0.3) is 0 Å². The van der Waals surface area contributed by atoms with Crippen LogP contribution in [0.1, 0.15) is 32.1 Å². The lowest BCUT2D eigenvalue weighted by Crippen LogP contribution is -2.44. The molecule has 1 heterocycles. The molecule has 1 aliphatic rings. The Balaban J connectivity index is 2.15. The zero-order chi connectivity index (χ0) is 11.4. The van der Waals surface area contributed by atoms with E-state index in [1.54, 1.807) is 12.4 Å². The van der Waals surface area contributed by atoms with E-state index in [1.165, 1.54) is 19.3 Å². The summed E-state index contributed by atoms with van der Waals surface area (Å²) in [7, 11) is 0. The average molecular weight is 221 g/mol. The Morgan fingerprint density at radius 2 is 2.12 bits per heavy atom. The van der Waals surface area contributed by atoms with Crippen molar-refractivity contribution < 1.29 is 5.11 Å². The van der Waals surface area contributed by atoms with Crippen molar-refractivity contribution in [1.29, 1.82) is 0 Å². The molecular weight excluding hydrogens is 202 g/mol. The maximum absolute atomic E-state index is 9.57. The van der Waals surface area contributed by atoms with E-state index in [-0.39, 0.29) is 12.1 Å². The second kappa shape index (κ2) is 4.70. The van der Waals surface area contributed by atoms with Gasteiger partial charge < -0.3 is 16.2 Å². The van der Waals surface area contributed by atoms with Gasteiger partial charge in [-0.15, -0.1) is 0 Å². The van der Waals surface area contributed by atoms with E-state index in [0.29, 0.717) is 5.69 Å². The molecule has 1 aromatic heterocycles. The van der Waals surface area contributed by atoms with Crippen LogP contribution in [0.15, 0.2) is 18.5 Å². The number of hydrogen-bond acceptors (Lipinski definition) is 4. The lowest BCUT2D eigenvalue weighted by Gasteiger charge is -2.37. The maximum Gasteiger partial charge on any atom is 0.0736 e. The van der Waals surface area contributed by atoms with E-state index in [1.807, 2.05) is 6.07 Å². The Morgan fingerprint density at radius 1 is 1.38 bits per heavy atom. The molecule has 4 nitrogen and oxygen atoms in total. The fraction of sp³-hybridized carbons (Fsp3) is 0.583. The molecule has 4 N–H and O–H groups in total. The number of pyridine rings is 1. The molecule has 0 radical (unpaired) electrons. The number of aliphatic hydroxyl groups excluding tert-OH is 1. The molecule has 88 valence electrons. The molecule has 0 unspecified atom stereocenters. The van der Waals surface area contributed by atoms with Crippen molar-refractivity contribution in [2.24, 2.45) is 0 Å². The molecule has 16 heavy (non-hydrogen) atoms. The van der Waals surface area contributed by atoms with E-state index in [0.717, 1.165) is 18.5 Å². The summed E-state index contributed by atoms with van der Waals surface area (Å²) in [6, 6.07) is 1.86. The summed E-state index contributed by atoms with van der Waals surface area (Å²) in [6.07, 6.45) is 8.95. The molecule has 0 bridgehead atoms. The number of nitrogens with one attached hydrogen (secondary N) is 1. The molecule has 1 aromatic rings. The van der Waals surface area contributed by atoms with Crippen LogP contribution < -0.4 is 11.1 Å². The van der Waals surface area contributed by atoms with Crippen molar-refractivity contribution in [1.82, 2.24) is 4.98 Å². The van der Waals surface area contributed by atoms with Crippen LogP contribution in [0.3, 0.4) is 0 Å². The van der Waals surface area contributed by atoms with E-state index in [2.05, 4.69) is 10.3 Å². The van der Waals surface area contributed by atoms with E-state index in [9.17, 15) is 5.11 Å². The second-order valence-corrected chi connectivity index (χ2v) is 4.59. The number of hydrogen-bond donors (Lipinski definition) is 3. The number of nitrogens with two attached hydrogens (primary N) is 1. The Morgan fingerprint density at radius 3 is 2.75 bits per heavy atom. The van der Waals surface area contributed by atoms with Gasteiger partial charge in [0.05, 0.1) is 29.7 Å². The first-order valence-corrected chi connectivity index (χ1v) is 5.84. The van der Waals surface area contributed by atoms with E-state index in [4.69, 9.17) is 5.73 Å². The number of rotatable bonds is 3. The first-order chi connectivity index (χ1) is 7.76. The van der Waals surface area contributed by atoms with Crippen LogP contribution in [0.2, 0.25) is 0 Å². The molecule has 0 atom stereocenters. The third kappa shape index (κ3) is 2.27. The van der Waals surface area contributed by atoms with Gasteiger partial charge in [0.1, 0.15) is 0 Å². The van der Waals surface area contributed by atoms with Gasteiger partial charge in [-0.05, 0) is 18.9 Å². The maximum atomic E-state index is 9.57. The molecule has 1 fully saturated rings. The smallest absolute Gasteiger partial charge is 0.0736 e. The third-order valence-electron chi connectivity index (χ3n) is 3.37. The molecule has 1 saturated carbocycles. The minimum absolute atomic E-state index is 0.161. The fourth-order valence-corrected chi connectivity index (χ4v) is 2.36. The van der Waals surface area contributed by atoms with Crippen molar-refractivity contribution in [3.63, 3.8) is 0 Å². The zero-order valence-electron chi connectivity index (χ0n) is 9.45. The van der Waals surface area contributed by atoms with E-state index < -0.39 is 0 Å². The van der Waals surface area contributed by atoms with Crippen LogP contribution >= 0.6 is 0 Å². The highest BCUT2D eigenvalue weighted by molar-refractivity contribution is 5.65. The van der Waals surface area contributed by atoms with Crippen molar-refractivity contribution in [2.75, 3.05) is 17.7 Å². The van der Waals surface area contributed by atoms with Gasteiger partial charge in [0, 0.05) is 6.20 Å². The van der Waals surface area contributed by atoms with E-state index >= 15 is 0 Å². The number of anilines is 2. The van der Waals surface area contributed by atoms with Gasteiger partial charge in [0.25, 0.3) is 0 Å². The third-order valence-corrected chi connectivity index (χ3v) is 3.37. The molecule has 0 spiro atoms. The Labute approximate surface area is 95.9 Å². The molecule has 0 aromatic carbocycles. The summed E-state index contributed by atoms with van der Waals surface area (Å²) in [5.41, 5.74) is 7.18. The highest BCUT2D eigenvalue weighted by Gasteiger charge is 2.31. The number of aromatic nitrogens is 1. The minimum Gasteiger partial charge on any atom is -0.396 e. The van der Waals surface area contributed by atoms with Crippen LogP contribution in [0.5, 0.6) is 0 Å². The predicted molar refractivity (Wildman–Crippen MR) is 65.2 cm³/mol. The number of nitrogen functional groups attached to an aromatic ring is 1. The van der Waals surface area contributed by atoms with Crippen LogP contribution in [0, 0.1) is 0 Å². The van der Waals surface area contributed by atoms with Gasteiger partial charge in [0.2, 0.25) is 0 Å². The summed E-state index contributed by atoms with van der Waals surface area (Å²) < 4.78 is 0. The Bertz CT molecular complexity index is 348. The predicted octanol–water partition coefficient (Wildman–Crippen LogP) is 1.77. The van der Waals surface area contributed by atoms with Gasteiger partial charge >= 0.3 is 0 Å². The highest BCUT2D eigenvalue weighted by atomic mass is 16.3.